The minimum absolute atomic E-state index is 0.121. The highest BCUT2D eigenvalue weighted by Gasteiger charge is 2.25. The lowest BCUT2D eigenvalue weighted by molar-refractivity contribution is -0.119. The summed E-state index contributed by atoms with van der Waals surface area (Å²) < 4.78 is 0. The van der Waals surface area contributed by atoms with Crippen molar-refractivity contribution < 1.29 is 9.90 Å². The number of hydrogen-bond donors (Lipinski definition) is 3. The van der Waals surface area contributed by atoms with Crippen molar-refractivity contribution in [3.8, 4) is 11.1 Å². The van der Waals surface area contributed by atoms with Crippen molar-refractivity contribution in [2.24, 2.45) is 0 Å². The van der Waals surface area contributed by atoms with E-state index in [9.17, 15) is 9.90 Å². The van der Waals surface area contributed by atoms with Crippen LogP contribution in [0.25, 0.3) is 11.1 Å². The van der Waals surface area contributed by atoms with Gasteiger partial charge in [0.05, 0.1) is 6.04 Å². The van der Waals surface area contributed by atoms with E-state index in [0.29, 0.717) is 12.2 Å². The van der Waals surface area contributed by atoms with Crippen LogP contribution >= 0.6 is 0 Å². The van der Waals surface area contributed by atoms with Gasteiger partial charge in [-0.1, -0.05) is 48.5 Å². The number of nitrogens with one attached hydrogen (secondary N) is 2. The Kier molecular flexibility index (Phi) is 6.88. The van der Waals surface area contributed by atoms with Gasteiger partial charge in [-0.05, 0) is 73.5 Å². The van der Waals surface area contributed by atoms with Gasteiger partial charge in [0.2, 0.25) is 5.91 Å². The summed E-state index contributed by atoms with van der Waals surface area (Å²) in [6.07, 6.45) is 4.70. The van der Waals surface area contributed by atoms with Gasteiger partial charge in [-0.25, -0.2) is 0 Å². The fourth-order valence-electron chi connectivity index (χ4n) is 3.43. The van der Waals surface area contributed by atoms with Crippen LogP contribution in [0.2, 0.25) is 0 Å². The lowest BCUT2D eigenvalue weighted by atomic mass is 9.98. The molecule has 0 heterocycles. The first-order valence-electron chi connectivity index (χ1n) is 10.1. The van der Waals surface area contributed by atoms with E-state index in [0.717, 1.165) is 43.4 Å². The lowest BCUT2D eigenvalue weighted by Gasteiger charge is -2.18. The van der Waals surface area contributed by atoms with Crippen LogP contribution < -0.4 is 10.6 Å². The summed E-state index contributed by atoms with van der Waals surface area (Å²) >= 11 is 0. The molecule has 0 radical (unpaired) electrons. The Morgan fingerprint density at radius 2 is 1.57 bits per heavy atom. The smallest absolute Gasteiger partial charge is 0.217 e. The van der Waals surface area contributed by atoms with Crippen LogP contribution in [0.4, 0.5) is 0 Å². The fourth-order valence-corrected chi connectivity index (χ4v) is 3.43. The van der Waals surface area contributed by atoms with Crippen LogP contribution in [0.1, 0.15) is 37.3 Å². The zero-order valence-electron chi connectivity index (χ0n) is 16.8. The van der Waals surface area contributed by atoms with Gasteiger partial charge in [-0.3, -0.25) is 4.79 Å². The molecule has 2 aromatic carbocycles. The molecule has 3 rings (SSSR count). The van der Waals surface area contributed by atoms with Gasteiger partial charge in [0.1, 0.15) is 5.76 Å². The molecule has 3 N–H and O–H groups in total. The van der Waals surface area contributed by atoms with Gasteiger partial charge in [-0.15, -0.1) is 0 Å². The molecule has 0 bridgehead atoms. The Bertz CT molecular complexity index is 817. The highest BCUT2D eigenvalue weighted by molar-refractivity contribution is 5.73. The highest BCUT2D eigenvalue weighted by Crippen LogP contribution is 2.32. The molecule has 1 aliphatic carbocycles. The molecule has 1 saturated carbocycles. The van der Waals surface area contributed by atoms with E-state index < -0.39 is 0 Å². The number of carbonyl (C=O) groups excluding carboxylic acids is 1. The van der Waals surface area contributed by atoms with Crippen molar-refractivity contribution in [3.05, 3.63) is 71.0 Å². The second kappa shape index (κ2) is 9.56. The number of hydrogen-bond acceptors (Lipinski definition) is 3. The summed E-state index contributed by atoms with van der Waals surface area (Å²) in [5.74, 6) is 0.220. The predicted octanol–water partition coefficient (Wildman–Crippen LogP) is 4.16. The molecule has 1 amide bonds. The van der Waals surface area contributed by atoms with E-state index in [1.807, 2.05) is 7.05 Å². The van der Waals surface area contributed by atoms with Gasteiger partial charge in [0.25, 0.3) is 0 Å². The van der Waals surface area contributed by atoms with Gasteiger partial charge in [0, 0.05) is 6.92 Å². The maximum Gasteiger partial charge on any atom is 0.217 e. The lowest BCUT2D eigenvalue weighted by Crippen LogP contribution is -2.36. The second-order valence-corrected chi connectivity index (χ2v) is 7.55. The number of allylic oxidation sites excluding steroid dienone is 1. The molecule has 28 heavy (non-hydrogen) atoms. The fraction of sp³-hybridized carbons (Fsp3) is 0.375. The summed E-state index contributed by atoms with van der Waals surface area (Å²) in [4.78, 5) is 11.5. The molecule has 1 unspecified atom stereocenters. The Morgan fingerprint density at radius 1 is 1.00 bits per heavy atom. The van der Waals surface area contributed by atoms with Crippen LogP contribution in [0, 0.1) is 0 Å². The first kappa shape index (κ1) is 20.2. The van der Waals surface area contributed by atoms with Gasteiger partial charge >= 0.3 is 0 Å². The Hall–Kier alpha value is -2.59. The van der Waals surface area contributed by atoms with Crippen molar-refractivity contribution in [1.82, 2.24) is 10.6 Å². The van der Waals surface area contributed by atoms with E-state index in [1.165, 1.54) is 23.6 Å². The standard InChI is InChI=1S/C24H30N2O2/c1-17(27)26-23(24(28)22-13-14-22)16-19-7-11-21(12-8-19)20-9-5-18(6-10-20)4-3-15-25-2/h5-12,23,25,28H,3-4,13-16H2,1-2H3,(H,26,27). The third kappa shape index (κ3) is 5.70. The van der Waals surface area contributed by atoms with Gasteiger partial charge < -0.3 is 15.7 Å². The molecule has 1 fully saturated rings. The molecule has 0 saturated heterocycles. The maximum atomic E-state index is 11.5. The highest BCUT2D eigenvalue weighted by atomic mass is 16.3. The normalized spacial score (nSPS) is 13.9. The zero-order chi connectivity index (χ0) is 19.9. The van der Waals surface area contributed by atoms with Crippen LogP contribution in [-0.2, 0) is 17.6 Å². The molecule has 1 aliphatic rings. The Labute approximate surface area is 167 Å². The quantitative estimate of drug-likeness (QED) is 0.454. The van der Waals surface area contributed by atoms with Crippen LogP contribution in [0.15, 0.2) is 59.9 Å². The van der Waals surface area contributed by atoms with Crippen molar-refractivity contribution >= 4 is 5.91 Å². The molecule has 4 nitrogen and oxygen atoms in total. The molecule has 0 spiro atoms. The van der Waals surface area contributed by atoms with E-state index in [-0.39, 0.29) is 11.9 Å². The summed E-state index contributed by atoms with van der Waals surface area (Å²) in [6.45, 7) is 2.53. The van der Waals surface area contributed by atoms with Crippen molar-refractivity contribution in [2.45, 2.75) is 45.1 Å². The SMILES string of the molecule is CNCCCc1ccc(-c2ccc(CC(NC(C)=O)C(O)=C3CC3)cc2)cc1. The molecule has 0 aromatic heterocycles. The third-order valence-electron chi connectivity index (χ3n) is 5.14. The number of aliphatic hydroxyl groups excluding tert-OH is 1. The van der Waals surface area contributed by atoms with Crippen LogP contribution in [0.5, 0.6) is 0 Å². The summed E-state index contributed by atoms with van der Waals surface area (Å²) in [5.41, 5.74) is 5.89. The topological polar surface area (TPSA) is 61.4 Å². The van der Waals surface area contributed by atoms with Gasteiger partial charge in [0.15, 0.2) is 0 Å². The Balaban J connectivity index is 1.65. The minimum atomic E-state index is -0.335. The molecule has 4 heteroatoms. The molecule has 148 valence electrons. The maximum absolute atomic E-state index is 11.5. The number of rotatable bonds is 9. The number of benzene rings is 2. The minimum Gasteiger partial charge on any atom is -0.510 e. The van der Waals surface area contributed by atoms with Crippen molar-refractivity contribution in [1.29, 1.82) is 0 Å². The van der Waals surface area contributed by atoms with Gasteiger partial charge in [-0.2, -0.15) is 0 Å². The zero-order valence-corrected chi connectivity index (χ0v) is 16.8. The van der Waals surface area contributed by atoms with Crippen LogP contribution in [-0.4, -0.2) is 30.6 Å². The summed E-state index contributed by atoms with van der Waals surface area (Å²) in [6, 6.07) is 16.8. The number of carbonyl (C=O) groups is 1. The van der Waals surface area contributed by atoms with Crippen LogP contribution in [0.3, 0.4) is 0 Å². The largest absolute Gasteiger partial charge is 0.510 e. The average Bonchev–Trinajstić information content (AvgIpc) is 3.53. The number of aryl methyl sites for hydroxylation is 1. The molecular weight excluding hydrogens is 348 g/mol. The number of aliphatic hydroxyl groups is 1. The van der Waals surface area contributed by atoms with E-state index in [2.05, 4.69) is 59.2 Å². The van der Waals surface area contributed by atoms with E-state index in [4.69, 9.17) is 0 Å². The first-order chi connectivity index (χ1) is 13.6. The second-order valence-electron chi connectivity index (χ2n) is 7.55. The summed E-state index contributed by atoms with van der Waals surface area (Å²) in [5, 5.41) is 16.4. The molecule has 1 atom stereocenters. The monoisotopic (exact) mass is 378 g/mol. The van der Waals surface area contributed by atoms with E-state index in [1.54, 1.807) is 0 Å². The van der Waals surface area contributed by atoms with E-state index >= 15 is 0 Å². The average molecular weight is 379 g/mol. The Morgan fingerprint density at radius 3 is 2.07 bits per heavy atom. The molecular formula is C24H30N2O2. The van der Waals surface area contributed by atoms with Crippen molar-refractivity contribution in [3.63, 3.8) is 0 Å². The molecule has 2 aromatic rings. The summed E-state index contributed by atoms with van der Waals surface area (Å²) in [7, 11) is 1.98. The molecule has 0 aliphatic heterocycles. The van der Waals surface area contributed by atoms with Crippen molar-refractivity contribution in [2.75, 3.05) is 13.6 Å². The third-order valence-corrected chi connectivity index (χ3v) is 5.14. The predicted molar refractivity (Wildman–Crippen MR) is 114 cm³/mol. The first-order valence-corrected chi connectivity index (χ1v) is 10.1. The number of amides is 1.